The molecule has 0 amide bonds. The minimum atomic E-state index is 0.0657. The van der Waals surface area contributed by atoms with Gasteiger partial charge in [-0.1, -0.05) is 30.3 Å². The molecule has 0 aliphatic carbocycles. The first-order valence-electron chi connectivity index (χ1n) is 7.79. The molecule has 0 atom stereocenters. The second kappa shape index (κ2) is 7.04. The zero-order chi connectivity index (χ0) is 16.9. The lowest BCUT2D eigenvalue weighted by Crippen LogP contribution is -2.08. The second-order valence-electron chi connectivity index (χ2n) is 5.74. The number of nitrogens with zero attached hydrogens (tertiary/aromatic N) is 2. The Hall–Kier alpha value is -3.01. The Morgan fingerprint density at radius 1 is 1.00 bits per heavy atom. The summed E-state index contributed by atoms with van der Waals surface area (Å²) >= 11 is 0. The predicted molar refractivity (Wildman–Crippen MR) is 92.8 cm³/mol. The van der Waals surface area contributed by atoms with Crippen LogP contribution in [0.4, 0.5) is 0 Å². The Labute approximate surface area is 140 Å². The average molecular weight is 318 g/mol. The van der Waals surface area contributed by atoms with Crippen LogP contribution in [-0.2, 0) is 17.6 Å². The molecule has 0 spiro atoms. The van der Waals surface area contributed by atoms with E-state index in [0.29, 0.717) is 12.1 Å². The highest BCUT2D eigenvalue weighted by Gasteiger charge is 2.12. The van der Waals surface area contributed by atoms with E-state index in [-0.39, 0.29) is 18.0 Å². The maximum atomic E-state index is 11.5. The van der Waals surface area contributed by atoms with E-state index in [1.165, 1.54) is 0 Å². The number of hydrogen-bond donors (Lipinski definition) is 1. The first-order chi connectivity index (χ1) is 11.6. The summed E-state index contributed by atoms with van der Waals surface area (Å²) in [6.07, 6.45) is 2.59. The van der Waals surface area contributed by atoms with Crippen molar-refractivity contribution in [2.45, 2.75) is 19.8 Å². The van der Waals surface area contributed by atoms with Gasteiger partial charge >= 0.3 is 0 Å². The number of carbonyl (C=O) groups is 1. The predicted octanol–water partition coefficient (Wildman–Crippen LogP) is 3.57. The standard InChI is InChI=1S/C20H18N2O2/c1-14(23)11-18-19(12-15-5-3-2-4-6-15)22-20(13-21-18)16-7-9-17(24)10-8-16/h2-10,13,24H,11-12H2,1H3. The molecule has 0 aliphatic rings. The van der Waals surface area contributed by atoms with Gasteiger partial charge in [-0.05, 0) is 36.8 Å². The average Bonchev–Trinajstić information content (AvgIpc) is 2.58. The lowest BCUT2D eigenvalue weighted by Gasteiger charge is -2.10. The number of aromatic nitrogens is 2. The summed E-state index contributed by atoms with van der Waals surface area (Å²) < 4.78 is 0. The first-order valence-corrected chi connectivity index (χ1v) is 7.79. The normalized spacial score (nSPS) is 10.5. The van der Waals surface area contributed by atoms with Crippen LogP contribution in [0.25, 0.3) is 11.3 Å². The summed E-state index contributed by atoms with van der Waals surface area (Å²) in [4.78, 5) is 20.7. The number of carbonyl (C=O) groups excluding carboxylic acids is 1. The Bertz CT molecular complexity index is 843. The zero-order valence-corrected chi connectivity index (χ0v) is 13.4. The summed E-state index contributed by atoms with van der Waals surface area (Å²) in [5.41, 5.74) is 4.26. The van der Waals surface area contributed by atoms with Crippen LogP contribution in [0.3, 0.4) is 0 Å². The Balaban J connectivity index is 1.99. The minimum absolute atomic E-state index is 0.0657. The quantitative estimate of drug-likeness (QED) is 0.781. The molecular weight excluding hydrogens is 300 g/mol. The van der Waals surface area contributed by atoms with Gasteiger partial charge in [0.1, 0.15) is 11.5 Å². The van der Waals surface area contributed by atoms with Crippen LogP contribution < -0.4 is 0 Å². The highest BCUT2D eigenvalue weighted by atomic mass is 16.3. The van der Waals surface area contributed by atoms with Crippen LogP contribution in [0.2, 0.25) is 0 Å². The summed E-state index contributed by atoms with van der Waals surface area (Å²) in [5, 5.41) is 9.42. The topological polar surface area (TPSA) is 63.1 Å². The molecule has 0 unspecified atom stereocenters. The molecular formula is C20H18N2O2. The van der Waals surface area contributed by atoms with Crippen molar-refractivity contribution in [2.24, 2.45) is 0 Å². The number of phenols is 1. The van der Waals surface area contributed by atoms with Gasteiger partial charge in [0.2, 0.25) is 0 Å². The van der Waals surface area contributed by atoms with Gasteiger partial charge in [-0.2, -0.15) is 0 Å². The van der Waals surface area contributed by atoms with Gasteiger partial charge in [0.15, 0.2) is 0 Å². The number of rotatable bonds is 5. The van der Waals surface area contributed by atoms with Gasteiger partial charge in [-0.15, -0.1) is 0 Å². The van der Waals surface area contributed by atoms with Crippen molar-refractivity contribution in [2.75, 3.05) is 0 Å². The molecule has 4 nitrogen and oxygen atoms in total. The van der Waals surface area contributed by atoms with Gasteiger partial charge in [-0.3, -0.25) is 9.78 Å². The third-order valence-electron chi connectivity index (χ3n) is 3.73. The van der Waals surface area contributed by atoms with Crippen LogP contribution in [0.5, 0.6) is 5.75 Å². The summed E-state index contributed by atoms with van der Waals surface area (Å²) in [6.45, 7) is 1.56. The number of Topliss-reactive ketones (excluding diaryl/α,β-unsaturated/α-hetero) is 1. The minimum Gasteiger partial charge on any atom is -0.508 e. The molecule has 1 N–H and O–H groups in total. The third-order valence-corrected chi connectivity index (χ3v) is 3.73. The van der Waals surface area contributed by atoms with Crippen LogP contribution in [0, 0.1) is 0 Å². The van der Waals surface area contributed by atoms with E-state index >= 15 is 0 Å². The van der Waals surface area contributed by atoms with Crippen LogP contribution in [0.1, 0.15) is 23.9 Å². The van der Waals surface area contributed by atoms with E-state index in [4.69, 9.17) is 4.98 Å². The molecule has 1 aromatic heterocycles. The van der Waals surface area contributed by atoms with Crippen molar-refractivity contribution >= 4 is 5.78 Å². The zero-order valence-electron chi connectivity index (χ0n) is 13.4. The molecule has 0 saturated carbocycles. The van der Waals surface area contributed by atoms with Gasteiger partial charge in [0, 0.05) is 12.0 Å². The molecule has 4 heteroatoms. The van der Waals surface area contributed by atoms with Crippen molar-refractivity contribution in [1.82, 2.24) is 9.97 Å². The molecule has 0 bridgehead atoms. The van der Waals surface area contributed by atoms with Gasteiger partial charge < -0.3 is 5.11 Å². The highest BCUT2D eigenvalue weighted by Crippen LogP contribution is 2.22. The number of ketones is 1. The fourth-order valence-electron chi connectivity index (χ4n) is 2.54. The molecule has 3 rings (SSSR count). The Morgan fingerprint density at radius 2 is 1.71 bits per heavy atom. The van der Waals surface area contributed by atoms with Crippen molar-refractivity contribution in [3.05, 3.63) is 77.7 Å². The van der Waals surface area contributed by atoms with Crippen LogP contribution in [-0.4, -0.2) is 20.9 Å². The van der Waals surface area contributed by atoms with Crippen molar-refractivity contribution in [3.8, 4) is 17.0 Å². The summed E-state index contributed by atoms with van der Waals surface area (Å²) in [6, 6.07) is 16.9. The van der Waals surface area contributed by atoms with Crippen molar-refractivity contribution in [3.63, 3.8) is 0 Å². The lowest BCUT2D eigenvalue weighted by atomic mass is 10.0. The molecule has 0 aliphatic heterocycles. The maximum Gasteiger partial charge on any atom is 0.135 e. The SMILES string of the molecule is CC(=O)Cc1ncc(-c2ccc(O)cc2)nc1Cc1ccccc1. The first kappa shape index (κ1) is 15.9. The van der Waals surface area contributed by atoms with Crippen molar-refractivity contribution < 1.29 is 9.90 Å². The number of phenolic OH excluding ortho intramolecular Hbond substituents is 1. The van der Waals surface area contributed by atoms with E-state index in [1.807, 2.05) is 30.3 Å². The summed E-state index contributed by atoms with van der Waals surface area (Å²) in [5.74, 6) is 0.278. The smallest absolute Gasteiger partial charge is 0.135 e. The van der Waals surface area contributed by atoms with Gasteiger partial charge in [0.05, 0.1) is 29.7 Å². The van der Waals surface area contributed by atoms with E-state index in [0.717, 1.165) is 22.5 Å². The molecule has 2 aromatic carbocycles. The fourth-order valence-corrected chi connectivity index (χ4v) is 2.54. The molecule has 120 valence electrons. The molecule has 1 heterocycles. The number of aromatic hydroxyl groups is 1. The van der Waals surface area contributed by atoms with Crippen LogP contribution in [0.15, 0.2) is 60.8 Å². The monoisotopic (exact) mass is 318 g/mol. The lowest BCUT2D eigenvalue weighted by molar-refractivity contribution is -0.116. The van der Waals surface area contributed by atoms with Gasteiger partial charge in [0.25, 0.3) is 0 Å². The molecule has 0 saturated heterocycles. The van der Waals surface area contributed by atoms with Crippen LogP contribution >= 0.6 is 0 Å². The fraction of sp³-hybridized carbons (Fsp3) is 0.150. The molecule has 0 fully saturated rings. The molecule has 3 aromatic rings. The number of benzene rings is 2. The number of hydrogen-bond acceptors (Lipinski definition) is 4. The summed E-state index contributed by atoms with van der Waals surface area (Å²) in [7, 11) is 0. The molecule has 24 heavy (non-hydrogen) atoms. The second-order valence-corrected chi connectivity index (χ2v) is 5.74. The Morgan fingerprint density at radius 3 is 2.38 bits per heavy atom. The van der Waals surface area contributed by atoms with E-state index in [2.05, 4.69) is 4.98 Å². The maximum absolute atomic E-state index is 11.5. The largest absolute Gasteiger partial charge is 0.508 e. The Kier molecular flexibility index (Phi) is 4.66. The van der Waals surface area contributed by atoms with E-state index < -0.39 is 0 Å². The van der Waals surface area contributed by atoms with E-state index in [1.54, 1.807) is 37.4 Å². The van der Waals surface area contributed by atoms with Gasteiger partial charge in [-0.25, -0.2) is 4.98 Å². The van der Waals surface area contributed by atoms with Crippen molar-refractivity contribution in [1.29, 1.82) is 0 Å². The molecule has 0 radical (unpaired) electrons. The van der Waals surface area contributed by atoms with E-state index in [9.17, 15) is 9.90 Å². The highest BCUT2D eigenvalue weighted by molar-refractivity contribution is 5.78. The third kappa shape index (κ3) is 3.84.